The van der Waals surface area contributed by atoms with Gasteiger partial charge in [0.15, 0.2) is 0 Å². The lowest BCUT2D eigenvalue weighted by atomic mass is 9.78. The molecule has 0 fully saturated rings. The van der Waals surface area contributed by atoms with Gasteiger partial charge >= 0.3 is 0 Å². The Hall–Kier alpha value is -2.58. The van der Waals surface area contributed by atoms with E-state index >= 15 is 0 Å². The average Bonchev–Trinajstić information content (AvgIpc) is 2.83. The van der Waals surface area contributed by atoms with Crippen LogP contribution in [0.5, 0.6) is 5.75 Å². The maximum absolute atomic E-state index is 5.78. The molecule has 3 atom stereocenters. The Kier molecular flexibility index (Phi) is 9.17. The predicted molar refractivity (Wildman–Crippen MR) is 130 cm³/mol. The summed E-state index contributed by atoms with van der Waals surface area (Å²) in [6.07, 6.45) is 3.44. The van der Waals surface area contributed by atoms with E-state index in [2.05, 4.69) is 98.8 Å². The fourth-order valence-corrected chi connectivity index (χ4v) is 4.40. The molecule has 3 aromatic rings. The molecule has 2 nitrogen and oxygen atoms in total. The molecule has 0 amide bonds. The highest BCUT2D eigenvalue weighted by molar-refractivity contribution is 5.31. The second kappa shape index (κ2) is 12.3. The van der Waals surface area contributed by atoms with Gasteiger partial charge in [-0.15, -0.1) is 0 Å². The third-order valence-corrected chi connectivity index (χ3v) is 6.25. The molecular weight excluding hydrogens is 380 g/mol. The summed E-state index contributed by atoms with van der Waals surface area (Å²) in [5.74, 6) is 2.48. The van der Waals surface area contributed by atoms with Crippen LogP contribution in [-0.4, -0.2) is 20.3 Å². The molecule has 3 rings (SSSR count). The first-order chi connectivity index (χ1) is 15.2. The minimum absolute atomic E-state index is 0.494. The molecule has 2 heteroatoms. The number of methoxy groups -OCH3 is 1. The van der Waals surface area contributed by atoms with Crippen molar-refractivity contribution in [1.29, 1.82) is 0 Å². The van der Waals surface area contributed by atoms with E-state index in [0.29, 0.717) is 31.0 Å². The summed E-state index contributed by atoms with van der Waals surface area (Å²) in [4.78, 5) is 0. The summed E-state index contributed by atoms with van der Waals surface area (Å²) in [7, 11) is 1.70. The molecule has 0 aliphatic heterocycles. The first-order valence-corrected chi connectivity index (χ1v) is 11.5. The Bertz CT molecular complexity index is 858. The van der Waals surface area contributed by atoms with E-state index in [-0.39, 0.29) is 0 Å². The van der Waals surface area contributed by atoms with Crippen molar-refractivity contribution in [1.82, 2.24) is 0 Å². The van der Waals surface area contributed by atoms with Crippen LogP contribution in [0.1, 0.15) is 67.6 Å². The van der Waals surface area contributed by atoms with Gasteiger partial charge in [0.1, 0.15) is 12.4 Å². The van der Waals surface area contributed by atoms with Crippen molar-refractivity contribution in [2.75, 3.05) is 20.3 Å². The van der Waals surface area contributed by atoms with E-state index in [1.807, 2.05) is 0 Å². The van der Waals surface area contributed by atoms with Crippen LogP contribution < -0.4 is 4.74 Å². The molecule has 0 aliphatic carbocycles. The molecule has 0 spiro atoms. The summed E-state index contributed by atoms with van der Waals surface area (Å²) >= 11 is 0. The van der Waals surface area contributed by atoms with Gasteiger partial charge in [-0.2, -0.15) is 0 Å². The van der Waals surface area contributed by atoms with Crippen LogP contribution in [0.15, 0.2) is 84.9 Å². The minimum atomic E-state index is 0.494. The molecule has 3 aromatic carbocycles. The third kappa shape index (κ3) is 6.97. The van der Waals surface area contributed by atoms with Gasteiger partial charge in [0, 0.05) is 7.11 Å². The van der Waals surface area contributed by atoms with Crippen LogP contribution in [-0.2, 0) is 4.74 Å². The molecule has 0 radical (unpaired) electrons. The number of rotatable bonds is 12. The molecule has 0 saturated heterocycles. The first kappa shape index (κ1) is 23.1. The van der Waals surface area contributed by atoms with E-state index in [1.165, 1.54) is 16.7 Å². The molecule has 31 heavy (non-hydrogen) atoms. The highest BCUT2D eigenvalue weighted by Crippen LogP contribution is 2.38. The van der Waals surface area contributed by atoms with E-state index in [1.54, 1.807) is 7.11 Å². The second-order valence-corrected chi connectivity index (χ2v) is 8.41. The van der Waals surface area contributed by atoms with Crippen LogP contribution >= 0.6 is 0 Å². The molecule has 164 valence electrons. The molecule has 0 heterocycles. The molecular formula is C29H36O2. The second-order valence-electron chi connectivity index (χ2n) is 8.41. The van der Waals surface area contributed by atoms with Crippen molar-refractivity contribution in [3.05, 3.63) is 102 Å². The molecule has 3 unspecified atom stereocenters. The van der Waals surface area contributed by atoms with Crippen LogP contribution in [0.4, 0.5) is 0 Å². The summed E-state index contributed by atoms with van der Waals surface area (Å²) < 4.78 is 10.9. The molecule has 0 aliphatic rings. The van der Waals surface area contributed by atoms with Gasteiger partial charge in [-0.05, 0) is 65.8 Å². The first-order valence-electron chi connectivity index (χ1n) is 11.5. The highest BCUT2D eigenvalue weighted by Gasteiger charge is 2.21. The van der Waals surface area contributed by atoms with E-state index in [9.17, 15) is 0 Å². The number of ether oxygens (including phenoxy) is 2. The summed E-state index contributed by atoms with van der Waals surface area (Å²) in [5, 5.41) is 0. The Morgan fingerprint density at radius 1 is 0.645 bits per heavy atom. The monoisotopic (exact) mass is 416 g/mol. The highest BCUT2D eigenvalue weighted by atomic mass is 16.5. The smallest absolute Gasteiger partial charge is 0.119 e. The zero-order chi connectivity index (χ0) is 21.9. The van der Waals surface area contributed by atoms with Gasteiger partial charge in [0.2, 0.25) is 0 Å². The Balaban J connectivity index is 1.79. The lowest BCUT2D eigenvalue weighted by molar-refractivity contribution is 0.146. The van der Waals surface area contributed by atoms with Crippen LogP contribution in [0.25, 0.3) is 0 Å². The summed E-state index contributed by atoms with van der Waals surface area (Å²) in [6, 6.07) is 30.6. The molecule has 0 saturated carbocycles. The van der Waals surface area contributed by atoms with Crippen molar-refractivity contribution >= 4 is 0 Å². The zero-order valence-electron chi connectivity index (χ0n) is 19.2. The predicted octanol–water partition coefficient (Wildman–Crippen LogP) is 7.57. The fraction of sp³-hybridized carbons (Fsp3) is 0.379. The largest absolute Gasteiger partial charge is 0.491 e. The topological polar surface area (TPSA) is 18.5 Å². The van der Waals surface area contributed by atoms with Gasteiger partial charge in [0.05, 0.1) is 6.61 Å². The maximum Gasteiger partial charge on any atom is 0.119 e. The van der Waals surface area contributed by atoms with Crippen molar-refractivity contribution in [2.24, 2.45) is 0 Å². The lowest BCUT2D eigenvalue weighted by Crippen LogP contribution is -2.10. The standard InChI is InChI=1S/C29H36O2/c1-4-24(26-13-9-6-10-14-26)22-28(21-23(2)25-11-7-5-8-12-25)27-15-17-29(18-16-27)31-20-19-30-3/h5-18,23-24,28H,4,19-22H2,1-3H3. The van der Waals surface area contributed by atoms with Gasteiger partial charge in [-0.3, -0.25) is 0 Å². The van der Waals surface area contributed by atoms with Gasteiger partial charge in [-0.1, -0.05) is 86.6 Å². The number of benzene rings is 3. The summed E-state index contributed by atoms with van der Waals surface area (Å²) in [5.41, 5.74) is 4.26. The van der Waals surface area contributed by atoms with Crippen LogP contribution in [0, 0.1) is 0 Å². The minimum Gasteiger partial charge on any atom is -0.491 e. The third-order valence-electron chi connectivity index (χ3n) is 6.25. The maximum atomic E-state index is 5.78. The Labute approximate surface area is 188 Å². The summed E-state index contributed by atoms with van der Waals surface area (Å²) in [6.45, 7) is 5.85. The lowest BCUT2D eigenvalue weighted by Gasteiger charge is -2.26. The fourth-order valence-electron chi connectivity index (χ4n) is 4.40. The number of hydrogen-bond acceptors (Lipinski definition) is 2. The van der Waals surface area contributed by atoms with E-state index < -0.39 is 0 Å². The quantitative estimate of drug-likeness (QED) is 0.283. The molecule has 0 bridgehead atoms. The van der Waals surface area contributed by atoms with Crippen molar-refractivity contribution in [3.63, 3.8) is 0 Å². The molecule has 0 N–H and O–H groups in total. The van der Waals surface area contributed by atoms with Crippen LogP contribution in [0.3, 0.4) is 0 Å². The Morgan fingerprint density at radius 3 is 1.81 bits per heavy atom. The van der Waals surface area contributed by atoms with Gasteiger partial charge < -0.3 is 9.47 Å². The van der Waals surface area contributed by atoms with Crippen LogP contribution in [0.2, 0.25) is 0 Å². The molecule has 0 aromatic heterocycles. The van der Waals surface area contributed by atoms with E-state index in [4.69, 9.17) is 9.47 Å². The average molecular weight is 417 g/mol. The zero-order valence-corrected chi connectivity index (χ0v) is 19.2. The van der Waals surface area contributed by atoms with Crippen molar-refractivity contribution < 1.29 is 9.47 Å². The normalized spacial score (nSPS) is 14.0. The number of hydrogen-bond donors (Lipinski definition) is 0. The van der Waals surface area contributed by atoms with E-state index in [0.717, 1.165) is 25.0 Å². The van der Waals surface area contributed by atoms with Gasteiger partial charge in [-0.25, -0.2) is 0 Å². The van der Waals surface area contributed by atoms with Crippen molar-refractivity contribution in [3.8, 4) is 5.75 Å². The van der Waals surface area contributed by atoms with Crippen molar-refractivity contribution in [2.45, 2.75) is 50.9 Å². The van der Waals surface area contributed by atoms with Gasteiger partial charge in [0.25, 0.3) is 0 Å². The SMILES string of the molecule is CCC(CC(CC(C)c1ccccc1)c1ccc(OCCOC)cc1)c1ccccc1. The Morgan fingerprint density at radius 2 is 1.23 bits per heavy atom.